The van der Waals surface area contributed by atoms with Crippen LogP contribution in [0.2, 0.25) is 0 Å². The van der Waals surface area contributed by atoms with Crippen molar-refractivity contribution in [2.45, 2.75) is 31.5 Å². The molecular formula is C11H20N4O2S. The SMILES string of the molecule is CCc1nnc(SCC(=O)[O-])n1CCC[NH+](C)C. The van der Waals surface area contributed by atoms with Crippen molar-refractivity contribution < 1.29 is 14.8 Å². The molecule has 1 N–H and O–H groups in total. The standard InChI is InChI=1S/C11H20N4O2S/c1-4-9-12-13-11(18-8-10(16)17)15(9)7-5-6-14(2)3/h4-8H2,1-3H3,(H,16,17). The molecule has 0 fully saturated rings. The van der Waals surface area contributed by atoms with Crippen LogP contribution < -0.4 is 10.0 Å². The van der Waals surface area contributed by atoms with Gasteiger partial charge in [0, 0.05) is 25.1 Å². The van der Waals surface area contributed by atoms with E-state index in [4.69, 9.17) is 0 Å². The number of hydrogen-bond acceptors (Lipinski definition) is 5. The van der Waals surface area contributed by atoms with E-state index in [2.05, 4.69) is 24.3 Å². The Bertz CT molecular complexity index is 392. The van der Waals surface area contributed by atoms with Crippen LogP contribution in [0.4, 0.5) is 0 Å². The molecular weight excluding hydrogens is 252 g/mol. The first-order valence-corrected chi connectivity index (χ1v) is 7.07. The third-order valence-corrected chi connectivity index (χ3v) is 3.43. The first kappa shape index (κ1) is 15.0. The zero-order chi connectivity index (χ0) is 13.5. The molecule has 0 bridgehead atoms. The maximum absolute atomic E-state index is 10.5. The Hall–Kier alpha value is -1.08. The summed E-state index contributed by atoms with van der Waals surface area (Å²) in [6, 6.07) is 0. The molecule has 0 aliphatic heterocycles. The van der Waals surface area contributed by atoms with Crippen LogP contribution in [-0.4, -0.2) is 47.1 Å². The monoisotopic (exact) mass is 272 g/mol. The number of nitrogens with zero attached hydrogens (tertiary/aromatic N) is 3. The molecule has 18 heavy (non-hydrogen) atoms. The predicted octanol–water partition coefficient (Wildman–Crippen LogP) is -1.78. The molecule has 0 unspecified atom stereocenters. The molecule has 0 aliphatic rings. The first-order valence-electron chi connectivity index (χ1n) is 6.08. The van der Waals surface area contributed by atoms with Gasteiger partial charge in [0.25, 0.3) is 0 Å². The molecule has 0 amide bonds. The lowest BCUT2D eigenvalue weighted by molar-refractivity contribution is -0.858. The summed E-state index contributed by atoms with van der Waals surface area (Å²) in [4.78, 5) is 11.9. The van der Waals surface area contributed by atoms with E-state index in [1.165, 1.54) is 16.7 Å². The van der Waals surface area contributed by atoms with Crippen LogP contribution in [0, 0.1) is 0 Å². The number of carbonyl (C=O) groups excluding carboxylic acids is 1. The largest absolute Gasteiger partial charge is 0.549 e. The quantitative estimate of drug-likeness (QED) is 0.566. The number of carbonyl (C=O) groups is 1. The minimum absolute atomic E-state index is 0.0826. The molecule has 0 saturated carbocycles. The molecule has 1 rings (SSSR count). The number of hydrogen-bond donors (Lipinski definition) is 1. The maximum atomic E-state index is 10.5. The summed E-state index contributed by atoms with van der Waals surface area (Å²) in [5.41, 5.74) is 0. The Morgan fingerprint density at radius 2 is 2.17 bits per heavy atom. The maximum Gasteiger partial charge on any atom is 0.191 e. The van der Waals surface area contributed by atoms with Crippen LogP contribution in [-0.2, 0) is 17.8 Å². The summed E-state index contributed by atoms with van der Waals surface area (Å²) < 4.78 is 2.01. The molecule has 102 valence electrons. The van der Waals surface area contributed by atoms with Gasteiger partial charge in [0.05, 0.1) is 26.6 Å². The van der Waals surface area contributed by atoms with Crippen molar-refractivity contribution in [2.75, 3.05) is 26.4 Å². The fourth-order valence-electron chi connectivity index (χ4n) is 1.63. The Labute approximate surface area is 111 Å². The van der Waals surface area contributed by atoms with E-state index in [0.29, 0.717) is 5.16 Å². The number of carboxylic acid groups (broad SMARTS) is 1. The molecule has 0 atom stereocenters. The second-order valence-corrected chi connectivity index (χ2v) is 5.32. The van der Waals surface area contributed by atoms with Crippen molar-refractivity contribution in [3.05, 3.63) is 5.82 Å². The molecule has 1 heterocycles. The third-order valence-electron chi connectivity index (χ3n) is 2.49. The lowest BCUT2D eigenvalue weighted by Gasteiger charge is -2.11. The van der Waals surface area contributed by atoms with E-state index in [1.54, 1.807) is 0 Å². The summed E-state index contributed by atoms with van der Waals surface area (Å²) in [7, 11) is 4.22. The van der Waals surface area contributed by atoms with E-state index < -0.39 is 5.97 Å². The van der Waals surface area contributed by atoms with E-state index in [0.717, 1.165) is 31.8 Å². The van der Waals surface area contributed by atoms with Crippen molar-refractivity contribution in [3.63, 3.8) is 0 Å². The van der Waals surface area contributed by atoms with E-state index in [1.807, 2.05) is 11.5 Å². The van der Waals surface area contributed by atoms with Crippen LogP contribution in [0.15, 0.2) is 5.16 Å². The van der Waals surface area contributed by atoms with Gasteiger partial charge in [0.1, 0.15) is 5.82 Å². The lowest BCUT2D eigenvalue weighted by Crippen LogP contribution is -3.05. The number of aromatic nitrogens is 3. The highest BCUT2D eigenvalue weighted by molar-refractivity contribution is 7.99. The average molecular weight is 272 g/mol. The van der Waals surface area contributed by atoms with E-state index >= 15 is 0 Å². The van der Waals surface area contributed by atoms with Crippen molar-refractivity contribution in [3.8, 4) is 0 Å². The highest BCUT2D eigenvalue weighted by Gasteiger charge is 2.11. The molecule has 1 aromatic heterocycles. The summed E-state index contributed by atoms with van der Waals surface area (Å²) in [5.74, 6) is -0.254. The number of carboxylic acids is 1. The van der Waals surface area contributed by atoms with Gasteiger partial charge in [-0.15, -0.1) is 10.2 Å². The normalized spacial score (nSPS) is 11.1. The van der Waals surface area contributed by atoms with Gasteiger partial charge in [-0.2, -0.15) is 0 Å². The van der Waals surface area contributed by atoms with Crippen LogP contribution in [0.5, 0.6) is 0 Å². The number of nitrogens with one attached hydrogen (secondary N) is 1. The van der Waals surface area contributed by atoms with Crippen molar-refractivity contribution in [2.24, 2.45) is 0 Å². The number of aryl methyl sites for hydroxylation is 1. The van der Waals surface area contributed by atoms with E-state index in [9.17, 15) is 9.90 Å². The minimum Gasteiger partial charge on any atom is -0.549 e. The van der Waals surface area contributed by atoms with Crippen molar-refractivity contribution in [1.29, 1.82) is 0 Å². The fraction of sp³-hybridized carbons (Fsp3) is 0.727. The average Bonchev–Trinajstić information content (AvgIpc) is 2.68. The Kier molecular flexibility index (Phi) is 6.14. The number of thioether (sulfide) groups is 1. The van der Waals surface area contributed by atoms with Gasteiger partial charge < -0.3 is 19.4 Å². The van der Waals surface area contributed by atoms with Gasteiger partial charge in [-0.25, -0.2) is 0 Å². The Morgan fingerprint density at radius 3 is 2.72 bits per heavy atom. The summed E-state index contributed by atoms with van der Waals surface area (Å²) >= 11 is 1.17. The number of quaternary nitrogens is 1. The molecule has 1 aromatic rings. The topological polar surface area (TPSA) is 75.3 Å². The Morgan fingerprint density at radius 1 is 1.44 bits per heavy atom. The third kappa shape index (κ3) is 4.66. The molecule has 0 radical (unpaired) electrons. The molecule has 7 heteroatoms. The van der Waals surface area contributed by atoms with Gasteiger partial charge in [-0.1, -0.05) is 18.7 Å². The zero-order valence-corrected chi connectivity index (χ0v) is 11.9. The molecule has 0 aromatic carbocycles. The minimum atomic E-state index is -1.08. The van der Waals surface area contributed by atoms with Crippen LogP contribution in [0.1, 0.15) is 19.2 Å². The van der Waals surface area contributed by atoms with Gasteiger partial charge in [0.2, 0.25) is 0 Å². The highest BCUT2D eigenvalue weighted by atomic mass is 32.2. The number of rotatable bonds is 8. The zero-order valence-electron chi connectivity index (χ0n) is 11.1. The van der Waals surface area contributed by atoms with Gasteiger partial charge in [-0.3, -0.25) is 0 Å². The summed E-state index contributed by atoms with van der Waals surface area (Å²) in [6.07, 6.45) is 1.82. The van der Waals surface area contributed by atoms with Gasteiger partial charge >= 0.3 is 0 Å². The first-order chi connectivity index (χ1) is 8.54. The summed E-state index contributed by atoms with van der Waals surface area (Å²) in [6.45, 7) is 3.91. The second kappa shape index (κ2) is 7.38. The van der Waals surface area contributed by atoms with Gasteiger partial charge in [-0.05, 0) is 0 Å². The second-order valence-electron chi connectivity index (χ2n) is 4.38. The highest BCUT2D eigenvalue weighted by Crippen LogP contribution is 2.17. The van der Waals surface area contributed by atoms with Crippen molar-refractivity contribution >= 4 is 17.7 Å². The number of aliphatic carboxylic acids is 1. The Balaban J connectivity index is 2.65. The molecule has 0 saturated heterocycles. The van der Waals surface area contributed by atoms with Gasteiger partial charge in [0.15, 0.2) is 5.16 Å². The predicted molar refractivity (Wildman–Crippen MR) is 67.4 cm³/mol. The van der Waals surface area contributed by atoms with E-state index in [-0.39, 0.29) is 5.75 Å². The van der Waals surface area contributed by atoms with Crippen LogP contribution in [0.25, 0.3) is 0 Å². The van der Waals surface area contributed by atoms with Crippen molar-refractivity contribution in [1.82, 2.24) is 14.8 Å². The van der Waals surface area contributed by atoms with Crippen LogP contribution >= 0.6 is 11.8 Å². The van der Waals surface area contributed by atoms with Crippen LogP contribution in [0.3, 0.4) is 0 Å². The smallest absolute Gasteiger partial charge is 0.191 e. The fourth-order valence-corrected chi connectivity index (χ4v) is 2.32. The molecule has 6 nitrogen and oxygen atoms in total. The lowest BCUT2D eigenvalue weighted by atomic mass is 10.4. The summed E-state index contributed by atoms with van der Waals surface area (Å²) in [5, 5.41) is 19.3. The molecule has 0 spiro atoms. The molecule has 0 aliphatic carbocycles.